The molecular weight excluding hydrogens is 130 g/mol. The predicted molar refractivity (Wildman–Crippen MR) is 38.2 cm³/mol. The SMILES string of the molecule is CCCC(=O)/C=C\C(N)=O. The molecule has 0 saturated heterocycles. The molecule has 0 fully saturated rings. The van der Waals surface area contributed by atoms with Crippen molar-refractivity contribution in [1.29, 1.82) is 0 Å². The van der Waals surface area contributed by atoms with E-state index in [1.165, 1.54) is 6.08 Å². The first-order valence-corrected chi connectivity index (χ1v) is 3.17. The average Bonchev–Trinajstić information content (AvgIpc) is 1.85. The summed E-state index contributed by atoms with van der Waals surface area (Å²) in [7, 11) is 0. The summed E-state index contributed by atoms with van der Waals surface area (Å²) in [5, 5.41) is 0. The molecule has 0 rings (SSSR count). The van der Waals surface area contributed by atoms with Crippen molar-refractivity contribution in [2.75, 3.05) is 0 Å². The first kappa shape index (κ1) is 8.88. The highest BCUT2D eigenvalue weighted by molar-refractivity contribution is 5.96. The van der Waals surface area contributed by atoms with Gasteiger partial charge in [-0.3, -0.25) is 9.59 Å². The van der Waals surface area contributed by atoms with Crippen LogP contribution >= 0.6 is 0 Å². The molecule has 1 amide bonds. The zero-order valence-electron chi connectivity index (χ0n) is 5.96. The second kappa shape index (κ2) is 4.73. The number of nitrogens with two attached hydrogens (primary N) is 1. The molecule has 0 radical (unpaired) electrons. The number of rotatable bonds is 4. The summed E-state index contributed by atoms with van der Waals surface area (Å²) in [6.07, 6.45) is 3.57. The maximum atomic E-state index is 10.7. The highest BCUT2D eigenvalue weighted by Crippen LogP contribution is 1.89. The summed E-state index contributed by atoms with van der Waals surface area (Å²) in [5.41, 5.74) is 4.76. The van der Waals surface area contributed by atoms with Crippen LogP contribution in [0.15, 0.2) is 12.2 Å². The number of amides is 1. The Kier molecular flexibility index (Phi) is 4.20. The lowest BCUT2D eigenvalue weighted by Crippen LogP contribution is -2.06. The second-order valence-corrected chi connectivity index (χ2v) is 1.95. The number of allylic oxidation sites excluding steroid dienone is 1. The quantitative estimate of drug-likeness (QED) is 0.576. The number of hydrogen-bond donors (Lipinski definition) is 1. The molecule has 0 unspecified atom stereocenters. The van der Waals surface area contributed by atoms with Crippen molar-refractivity contribution in [3.8, 4) is 0 Å². The van der Waals surface area contributed by atoms with Gasteiger partial charge >= 0.3 is 0 Å². The molecule has 0 aromatic heterocycles. The van der Waals surface area contributed by atoms with Gasteiger partial charge in [-0.15, -0.1) is 0 Å². The molecule has 0 spiro atoms. The number of primary amides is 1. The molecule has 10 heavy (non-hydrogen) atoms. The smallest absolute Gasteiger partial charge is 0.241 e. The van der Waals surface area contributed by atoms with Crippen LogP contribution in [-0.4, -0.2) is 11.7 Å². The van der Waals surface area contributed by atoms with Crippen LogP contribution in [0.25, 0.3) is 0 Å². The number of carbonyl (C=O) groups is 2. The van der Waals surface area contributed by atoms with E-state index in [4.69, 9.17) is 5.73 Å². The third-order valence-corrected chi connectivity index (χ3v) is 0.930. The summed E-state index contributed by atoms with van der Waals surface area (Å²) in [6.45, 7) is 1.90. The van der Waals surface area contributed by atoms with Gasteiger partial charge in [0.1, 0.15) is 0 Å². The average molecular weight is 141 g/mol. The van der Waals surface area contributed by atoms with Gasteiger partial charge < -0.3 is 5.73 Å². The molecule has 56 valence electrons. The Balaban J connectivity index is 3.67. The molecule has 3 heteroatoms. The minimum atomic E-state index is -0.579. The molecule has 0 aromatic rings. The van der Waals surface area contributed by atoms with Crippen molar-refractivity contribution >= 4 is 11.7 Å². The van der Waals surface area contributed by atoms with Crippen molar-refractivity contribution < 1.29 is 9.59 Å². The highest BCUT2D eigenvalue weighted by Gasteiger charge is 1.92. The lowest BCUT2D eigenvalue weighted by atomic mass is 10.2. The van der Waals surface area contributed by atoms with Crippen LogP contribution in [0.3, 0.4) is 0 Å². The lowest BCUT2D eigenvalue weighted by Gasteiger charge is -1.86. The van der Waals surface area contributed by atoms with Gasteiger partial charge in [0, 0.05) is 12.5 Å². The highest BCUT2D eigenvalue weighted by atomic mass is 16.1. The Labute approximate surface area is 59.9 Å². The van der Waals surface area contributed by atoms with Crippen LogP contribution in [0.5, 0.6) is 0 Å². The topological polar surface area (TPSA) is 60.2 Å². The summed E-state index contributed by atoms with van der Waals surface area (Å²) in [5.74, 6) is -0.634. The predicted octanol–water partition coefficient (Wildman–Crippen LogP) is 0.397. The molecular formula is C7H11NO2. The van der Waals surface area contributed by atoms with Gasteiger partial charge in [0.15, 0.2) is 5.78 Å². The summed E-state index contributed by atoms with van der Waals surface area (Å²) >= 11 is 0. The summed E-state index contributed by atoms with van der Waals surface area (Å²) in [4.78, 5) is 20.7. The monoisotopic (exact) mass is 141 g/mol. The zero-order valence-corrected chi connectivity index (χ0v) is 5.96. The molecule has 0 saturated carbocycles. The maximum absolute atomic E-state index is 10.7. The van der Waals surface area contributed by atoms with E-state index in [1.54, 1.807) is 0 Å². The first-order valence-electron chi connectivity index (χ1n) is 3.17. The zero-order chi connectivity index (χ0) is 7.98. The molecule has 0 aromatic carbocycles. The van der Waals surface area contributed by atoms with Crippen LogP contribution in [-0.2, 0) is 9.59 Å². The third kappa shape index (κ3) is 5.03. The van der Waals surface area contributed by atoms with Crippen LogP contribution in [0.2, 0.25) is 0 Å². The molecule has 0 heterocycles. The Morgan fingerprint density at radius 1 is 1.40 bits per heavy atom. The molecule has 0 atom stereocenters. The normalized spacial score (nSPS) is 10.1. The fourth-order valence-electron chi connectivity index (χ4n) is 0.505. The first-order chi connectivity index (χ1) is 4.66. The minimum absolute atomic E-state index is 0.0544. The van der Waals surface area contributed by atoms with E-state index in [0.29, 0.717) is 6.42 Å². The van der Waals surface area contributed by atoms with Crippen molar-refractivity contribution in [2.24, 2.45) is 5.73 Å². The Morgan fingerprint density at radius 2 is 2.00 bits per heavy atom. The van der Waals surface area contributed by atoms with Crippen LogP contribution in [0.4, 0.5) is 0 Å². The molecule has 2 N–H and O–H groups in total. The second-order valence-electron chi connectivity index (χ2n) is 1.95. The Bertz CT molecular complexity index is 161. The third-order valence-electron chi connectivity index (χ3n) is 0.930. The number of carbonyl (C=O) groups excluding carboxylic acids is 2. The van der Waals surface area contributed by atoms with E-state index in [2.05, 4.69) is 0 Å². The maximum Gasteiger partial charge on any atom is 0.241 e. The van der Waals surface area contributed by atoms with Gasteiger partial charge in [-0.25, -0.2) is 0 Å². The molecule has 0 bridgehead atoms. The van der Waals surface area contributed by atoms with Gasteiger partial charge in [-0.2, -0.15) is 0 Å². The van der Waals surface area contributed by atoms with Crippen LogP contribution < -0.4 is 5.73 Å². The fraction of sp³-hybridized carbons (Fsp3) is 0.429. The van der Waals surface area contributed by atoms with Crippen molar-refractivity contribution in [3.63, 3.8) is 0 Å². The summed E-state index contributed by atoms with van der Waals surface area (Å²) < 4.78 is 0. The number of hydrogen-bond acceptors (Lipinski definition) is 2. The molecule has 0 aliphatic rings. The van der Waals surface area contributed by atoms with Crippen LogP contribution in [0.1, 0.15) is 19.8 Å². The molecule has 0 aliphatic heterocycles. The van der Waals surface area contributed by atoms with Gasteiger partial charge in [-0.1, -0.05) is 6.92 Å². The van der Waals surface area contributed by atoms with Crippen LogP contribution in [0, 0.1) is 0 Å². The van der Waals surface area contributed by atoms with E-state index in [1.807, 2.05) is 6.92 Å². The van der Waals surface area contributed by atoms with E-state index in [-0.39, 0.29) is 5.78 Å². The van der Waals surface area contributed by atoms with Crippen molar-refractivity contribution in [2.45, 2.75) is 19.8 Å². The van der Waals surface area contributed by atoms with Gasteiger partial charge in [-0.05, 0) is 12.5 Å². The molecule has 0 aliphatic carbocycles. The largest absolute Gasteiger partial charge is 0.366 e. The van der Waals surface area contributed by atoms with Crippen molar-refractivity contribution in [1.82, 2.24) is 0 Å². The lowest BCUT2D eigenvalue weighted by molar-refractivity contribution is -0.116. The molecule has 3 nitrogen and oxygen atoms in total. The van der Waals surface area contributed by atoms with Gasteiger partial charge in [0.05, 0.1) is 0 Å². The van der Waals surface area contributed by atoms with E-state index in [0.717, 1.165) is 12.5 Å². The standard InChI is InChI=1S/C7H11NO2/c1-2-3-6(9)4-5-7(8)10/h4-5H,2-3H2,1H3,(H2,8,10)/b5-4-. The Hall–Kier alpha value is -1.12. The summed E-state index contributed by atoms with van der Waals surface area (Å²) in [6, 6.07) is 0. The van der Waals surface area contributed by atoms with E-state index < -0.39 is 5.91 Å². The number of ketones is 1. The minimum Gasteiger partial charge on any atom is -0.366 e. The van der Waals surface area contributed by atoms with E-state index in [9.17, 15) is 9.59 Å². The van der Waals surface area contributed by atoms with Gasteiger partial charge in [0.25, 0.3) is 0 Å². The van der Waals surface area contributed by atoms with Crippen molar-refractivity contribution in [3.05, 3.63) is 12.2 Å². The Morgan fingerprint density at radius 3 is 2.40 bits per heavy atom. The fourth-order valence-corrected chi connectivity index (χ4v) is 0.505. The van der Waals surface area contributed by atoms with Gasteiger partial charge in [0.2, 0.25) is 5.91 Å². The van der Waals surface area contributed by atoms with E-state index >= 15 is 0 Å².